The normalized spacial score (nSPS) is 30.0. The molecule has 2 saturated heterocycles. The highest BCUT2D eigenvalue weighted by molar-refractivity contribution is 5.96. The minimum atomic E-state index is -0.793. The standard InChI is InChI=1S/C13H21N3O4/c1-3-14-13(20)15-11(17)7(2)16-8-4-5-10(16)9(6-8)12(18)19/h7-10H,3-6H2,1-2H3,(H,18,19)(H2,14,15,17,20). The van der Waals surface area contributed by atoms with Gasteiger partial charge in [0.1, 0.15) is 0 Å². The zero-order valence-electron chi connectivity index (χ0n) is 11.8. The summed E-state index contributed by atoms with van der Waals surface area (Å²) in [5.74, 6) is -1.56. The number of rotatable bonds is 4. The Labute approximate surface area is 117 Å². The van der Waals surface area contributed by atoms with Crippen molar-refractivity contribution in [2.75, 3.05) is 6.54 Å². The van der Waals surface area contributed by atoms with E-state index in [0.29, 0.717) is 13.0 Å². The summed E-state index contributed by atoms with van der Waals surface area (Å²) in [6.07, 6.45) is 2.33. The third-order valence-corrected chi connectivity index (χ3v) is 4.31. The highest BCUT2D eigenvalue weighted by Gasteiger charge is 2.51. The van der Waals surface area contributed by atoms with Gasteiger partial charge in [0.05, 0.1) is 12.0 Å². The number of fused-ring (bicyclic) bond motifs is 2. The molecule has 2 aliphatic rings. The average molecular weight is 283 g/mol. The van der Waals surface area contributed by atoms with Crippen molar-refractivity contribution in [3.63, 3.8) is 0 Å². The van der Waals surface area contributed by atoms with Crippen molar-refractivity contribution in [2.24, 2.45) is 5.92 Å². The van der Waals surface area contributed by atoms with E-state index in [1.54, 1.807) is 13.8 Å². The molecule has 20 heavy (non-hydrogen) atoms. The van der Waals surface area contributed by atoms with E-state index >= 15 is 0 Å². The lowest BCUT2D eigenvalue weighted by Gasteiger charge is -2.28. The Morgan fingerprint density at radius 1 is 1.35 bits per heavy atom. The van der Waals surface area contributed by atoms with E-state index < -0.39 is 24.0 Å². The quantitative estimate of drug-likeness (QED) is 0.682. The summed E-state index contributed by atoms with van der Waals surface area (Å²) in [4.78, 5) is 36.6. The molecule has 0 aromatic heterocycles. The molecule has 112 valence electrons. The van der Waals surface area contributed by atoms with Crippen molar-refractivity contribution in [3.05, 3.63) is 0 Å². The first-order chi connectivity index (χ1) is 9.45. The molecule has 0 aliphatic carbocycles. The number of imide groups is 1. The predicted molar refractivity (Wildman–Crippen MR) is 71.1 cm³/mol. The summed E-state index contributed by atoms with van der Waals surface area (Å²) in [5.41, 5.74) is 0. The van der Waals surface area contributed by atoms with Crippen LogP contribution in [0.25, 0.3) is 0 Å². The lowest BCUT2D eigenvalue weighted by atomic mass is 9.89. The van der Waals surface area contributed by atoms with Gasteiger partial charge in [0, 0.05) is 18.6 Å². The highest BCUT2D eigenvalue weighted by atomic mass is 16.4. The zero-order valence-corrected chi connectivity index (χ0v) is 11.8. The van der Waals surface area contributed by atoms with Crippen LogP contribution in [-0.2, 0) is 9.59 Å². The van der Waals surface area contributed by atoms with Gasteiger partial charge in [0.25, 0.3) is 0 Å². The molecule has 2 fully saturated rings. The number of aliphatic carboxylic acids is 1. The summed E-state index contributed by atoms with van der Waals surface area (Å²) in [6.45, 7) is 3.94. The maximum absolute atomic E-state index is 12.0. The Morgan fingerprint density at radius 2 is 2.05 bits per heavy atom. The van der Waals surface area contributed by atoms with Crippen molar-refractivity contribution < 1.29 is 19.5 Å². The summed E-state index contributed by atoms with van der Waals surface area (Å²) >= 11 is 0. The van der Waals surface area contributed by atoms with E-state index in [9.17, 15) is 19.5 Å². The second-order valence-corrected chi connectivity index (χ2v) is 5.45. The summed E-state index contributed by atoms with van der Waals surface area (Å²) in [7, 11) is 0. The van der Waals surface area contributed by atoms with Crippen LogP contribution in [0.5, 0.6) is 0 Å². The molecule has 2 aliphatic heterocycles. The van der Waals surface area contributed by atoms with Crippen LogP contribution in [0.3, 0.4) is 0 Å². The smallest absolute Gasteiger partial charge is 0.321 e. The molecule has 0 aromatic rings. The Morgan fingerprint density at radius 3 is 2.60 bits per heavy atom. The first-order valence-corrected chi connectivity index (χ1v) is 7.04. The van der Waals surface area contributed by atoms with Crippen molar-refractivity contribution in [2.45, 2.75) is 51.2 Å². The molecule has 4 unspecified atom stereocenters. The number of carbonyl (C=O) groups is 3. The molecule has 0 radical (unpaired) electrons. The van der Waals surface area contributed by atoms with Crippen molar-refractivity contribution in [1.82, 2.24) is 15.5 Å². The van der Waals surface area contributed by atoms with Gasteiger partial charge in [-0.15, -0.1) is 0 Å². The van der Waals surface area contributed by atoms with E-state index in [-0.39, 0.29) is 18.0 Å². The third kappa shape index (κ3) is 2.63. The SMILES string of the molecule is CCNC(=O)NC(=O)C(C)N1C2CCC1C(C(=O)O)C2. The number of hydrogen-bond donors (Lipinski definition) is 3. The molecule has 0 aromatic carbocycles. The molecule has 7 heteroatoms. The van der Waals surface area contributed by atoms with Crippen LogP contribution >= 0.6 is 0 Å². The largest absolute Gasteiger partial charge is 0.481 e. The van der Waals surface area contributed by atoms with Gasteiger partial charge in [-0.2, -0.15) is 0 Å². The molecule has 0 spiro atoms. The number of carboxylic acids is 1. The monoisotopic (exact) mass is 283 g/mol. The van der Waals surface area contributed by atoms with Crippen molar-refractivity contribution >= 4 is 17.9 Å². The van der Waals surface area contributed by atoms with E-state index in [0.717, 1.165) is 12.8 Å². The van der Waals surface area contributed by atoms with Crippen LogP contribution in [0, 0.1) is 5.92 Å². The first-order valence-electron chi connectivity index (χ1n) is 7.04. The van der Waals surface area contributed by atoms with Crippen molar-refractivity contribution in [1.29, 1.82) is 0 Å². The van der Waals surface area contributed by atoms with Gasteiger partial charge in [0.15, 0.2) is 0 Å². The lowest BCUT2D eigenvalue weighted by Crippen LogP contribution is -2.51. The Bertz CT molecular complexity index is 426. The van der Waals surface area contributed by atoms with Crippen LogP contribution < -0.4 is 10.6 Å². The average Bonchev–Trinajstić information content (AvgIpc) is 2.95. The van der Waals surface area contributed by atoms with Crippen LogP contribution in [0.1, 0.15) is 33.1 Å². The minimum absolute atomic E-state index is 0.0903. The molecule has 7 nitrogen and oxygen atoms in total. The highest BCUT2D eigenvalue weighted by Crippen LogP contribution is 2.43. The number of carbonyl (C=O) groups excluding carboxylic acids is 2. The molecule has 2 bridgehead atoms. The van der Waals surface area contributed by atoms with E-state index in [4.69, 9.17) is 0 Å². The lowest BCUT2D eigenvalue weighted by molar-refractivity contribution is -0.143. The molecule has 4 atom stereocenters. The summed E-state index contributed by atoms with van der Waals surface area (Å²) < 4.78 is 0. The second kappa shape index (κ2) is 5.78. The Balaban J connectivity index is 1.99. The van der Waals surface area contributed by atoms with Crippen molar-refractivity contribution in [3.8, 4) is 0 Å². The zero-order chi connectivity index (χ0) is 14.9. The molecule has 2 heterocycles. The number of amides is 3. The first kappa shape index (κ1) is 14.8. The fourth-order valence-electron chi connectivity index (χ4n) is 3.46. The third-order valence-electron chi connectivity index (χ3n) is 4.31. The Kier molecular flexibility index (Phi) is 4.27. The Hall–Kier alpha value is -1.63. The summed E-state index contributed by atoms with van der Waals surface area (Å²) in [5, 5.41) is 14.0. The van der Waals surface area contributed by atoms with Crippen LogP contribution in [0.15, 0.2) is 0 Å². The molecular formula is C13H21N3O4. The van der Waals surface area contributed by atoms with Crippen LogP contribution in [0.4, 0.5) is 4.79 Å². The molecule has 3 N–H and O–H groups in total. The fourth-order valence-corrected chi connectivity index (χ4v) is 3.46. The number of hydrogen-bond acceptors (Lipinski definition) is 4. The minimum Gasteiger partial charge on any atom is -0.481 e. The van der Waals surface area contributed by atoms with Gasteiger partial charge < -0.3 is 10.4 Å². The van der Waals surface area contributed by atoms with Gasteiger partial charge in [-0.05, 0) is 33.1 Å². The number of carboxylic acid groups (broad SMARTS) is 1. The summed E-state index contributed by atoms with van der Waals surface area (Å²) in [6, 6.07) is -0.950. The van der Waals surface area contributed by atoms with E-state index in [2.05, 4.69) is 10.6 Å². The fraction of sp³-hybridized carbons (Fsp3) is 0.769. The maximum Gasteiger partial charge on any atom is 0.321 e. The van der Waals surface area contributed by atoms with E-state index in [1.807, 2.05) is 4.90 Å². The van der Waals surface area contributed by atoms with Crippen LogP contribution in [-0.4, -0.2) is 52.6 Å². The second-order valence-electron chi connectivity index (χ2n) is 5.45. The molecular weight excluding hydrogens is 262 g/mol. The van der Waals surface area contributed by atoms with E-state index in [1.165, 1.54) is 0 Å². The number of urea groups is 1. The van der Waals surface area contributed by atoms with Gasteiger partial charge >= 0.3 is 12.0 Å². The molecule has 0 saturated carbocycles. The number of nitrogens with zero attached hydrogens (tertiary/aromatic N) is 1. The topological polar surface area (TPSA) is 98.7 Å². The van der Waals surface area contributed by atoms with Gasteiger partial charge in [-0.1, -0.05) is 0 Å². The van der Waals surface area contributed by atoms with Gasteiger partial charge in [-0.3, -0.25) is 19.8 Å². The maximum atomic E-state index is 12.0. The van der Waals surface area contributed by atoms with Crippen LogP contribution in [0.2, 0.25) is 0 Å². The predicted octanol–water partition coefficient (Wildman–Crippen LogP) is 0.158. The molecule has 3 amide bonds. The van der Waals surface area contributed by atoms with Gasteiger partial charge in [-0.25, -0.2) is 4.79 Å². The molecule has 2 rings (SSSR count). The van der Waals surface area contributed by atoms with Gasteiger partial charge in [0.2, 0.25) is 5.91 Å². The number of nitrogens with one attached hydrogen (secondary N) is 2.